The number of nitrogens with one attached hydrogen (secondary N) is 1. The van der Waals surface area contributed by atoms with Gasteiger partial charge >= 0.3 is 0 Å². The van der Waals surface area contributed by atoms with Crippen LogP contribution in [0.25, 0.3) is 11.1 Å². The summed E-state index contributed by atoms with van der Waals surface area (Å²) in [6.45, 7) is 8.12. The van der Waals surface area contributed by atoms with Crippen LogP contribution in [0, 0.1) is 0 Å². The maximum Gasteiger partial charge on any atom is 0.163 e. The lowest BCUT2D eigenvalue weighted by Crippen LogP contribution is -2.11. The molecule has 3 heteroatoms. The smallest absolute Gasteiger partial charge is 0.163 e. The van der Waals surface area contributed by atoms with Crippen molar-refractivity contribution in [1.82, 2.24) is 0 Å². The lowest BCUT2D eigenvalue weighted by atomic mass is 9.85. The van der Waals surface area contributed by atoms with Gasteiger partial charge in [0.1, 0.15) is 0 Å². The van der Waals surface area contributed by atoms with E-state index in [4.69, 9.17) is 9.47 Å². The molecule has 0 unspecified atom stereocenters. The number of hydrogen-bond acceptors (Lipinski definition) is 3. The third-order valence-electron chi connectivity index (χ3n) is 5.00. The van der Waals surface area contributed by atoms with Crippen LogP contribution in [-0.4, -0.2) is 13.2 Å². The molecule has 0 saturated heterocycles. The average Bonchev–Trinajstić information content (AvgIpc) is 2.93. The summed E-state index contributed by atoms with van der Waals surface area (Å²) in [5.41, 5.74) is 5.87. The monoisotopic (exact) mass is 373 g/mol. The molecule has 1 aliphatic rings. The van der Waals surface area contributed by atoms with Gasteiger partial charge in [0.2, 0.25) is 0 Å². The highest BCUT2D eigenvalue weighted by atomic mass is 16.5. The predicted molar refractivity (Wildman–Crippen MR) is 116 cm³/mol. The quantitative estimate of drug-likeness (QED) is 0.564. The Morgan fingerprint density at radius 1 is 0.786 bits per heavy atom. The zero-order chi connectivity index (χ0) is 19.6. The van der Waals surface area contributed by atoms with Crippen LogP contribution in [0.2, 0.25) is 0 Å². The minimum atomic E-state index is 0.0946. The lowest BCUT2D eigenvalue weighted by molar-refractivity contribution is 0.297. The van der Waals surface area contributed by atoms with Crippen molar-refractivity contribution in [2.24, 2.45) is 0 Å². The summed E-state index contributed by atoms with van der Waals surface area (Å²) < 4.78 is 11.6. The Kier molecular flexibility index (Phi) is 4.99. The van der Waals surface area contributed by atoms with Gasteiger partial charge in [-0.3, -0.25) is 0 Å². The first-order valence-electron chi connectivity index (χ1n) is 9.87. The number of fused-ring (bicyclic) bond motifs is 1. The Morgan fingerprint density at radius 3 is 2.29 bits per heavy atom. The van der Waals surface area contributed by atoms with E-state index in [1.807, 2.05) is 24.3 Å². The zero-order valence-corrected chi connectivity index (χ0v) is 16.8. The van der Waals surface area contributed by atoms with Gasteiger partial charge in [0, 0.05) is 29.4 Å². The van der Waals surface area contributed by atoms with Crippen LogP contribution in [0.15, 0.2) is 66.7 Å². The van der Waals surface area contributed by atoms with Crippen molar-refractivity contribution in [3.63, 3.8) is 0 Å². The number of benzene rings is 3. The molecule has 144 valence electrons. The van der Waals surface area contributed by atoms with Gasteiger partial charge in [-0.1, -0.05) is 57.2 Å². The van der Waals surface area contributed by atoms with Crippen molar-refractivity contribution >= 4 is 11.4 Å². The molecule has 1 heterocycles. The first-order chi connectivity index (χ1) is 13.5. The molecular weight excluding hydrogens is 346 g/mol. The lowest BCUT2D eigenvalue weighted by Gasteiger charge is -2.22. The summed E-state index contributed by atoms with van der Waals surface area (Å²) in [6, 6.07) is 23.2. The molecule has 0 atom stereocenters. The molecule has 0 aliphatic carbocycles. The standard InChI is InChI=1S/C25H27NO2/c1-25(2,3)19-10-12-22(21(16-19)18-8-5-4-6-9-18)26-20-11-13-23-24(17-20)28-15-7-14-27-23/h4-6,8-13,16-17,26H,7,14-15H2,1-3H3. The summed E-state index contributed by atoms with van der Waals surface area (Å²) in [6.07, 6.45) is 0.907. The Hall–Kier alpha value is -2.94. The Morgan fingerprint density at radius 2 is 1.54 bits per heavy atom. The Bertz CT molecular complexity index is 958. The van der Waals surface area contributed by atoms with E-state index in [0.29, 0.717) is 13.2 Å². The van der Waals surface area contributed by atoms with E-state index in [9.17, 15) is 0 Å². The molecule has 28 heavy (non-hydrogen) atoms. The van der Waals surface area contributed by atoms with E-state index in [1.165, 1.54) is 16.7 Å². The number of rotatable bonds is 3. The minimum absolute atomic E-state index is 0.0946. The van der Waals surface area contributed by atoms with Gasteiger partial charge in [0.25, 0.3) is 0 Å². The molecule has 0 bridgehead atoms. The van der Waals surface area contributed by atoms with Crippen LogP contribution in [0.1, 0.15) is 32.8 Å². The highest BCUT2D eigenvalue weighted by Crippen LogP contribution is 2.37. The van der Waals surface area contributed by atoms with Crippen LogP contribution >= 0.6 is 0 Å². The summed E-state index contributed by atoms with van der Waals surface area (Å²) in [7, 11) is 0. The zero-order valence-electron chi connectivity index (χ0n) is 16.8. The first kappa shape index (κ1) is 18.4. The molecule has 3 nitrogen and oxygen atoms in total. The average molecular weight is 373 g/mol. The van der Waals surface area contributed by atoms with E-state index in [0.717, 1.165) is 29.3 Å². The van der Waals surface area contributed by atoms with Crippen LogP contribution in [0.4, 0.5) is 11.4 Å². The SMILES string of the molecule is CC(C)(C)c1ccc(Nc2ccc3c(c2)OCCCO3)c(-c2ccccc2)c1. The van der Waals surface area contributed by atoms with E-state index >= 15 is 0 Å². The van der Waals surface area contributed by atoms with Gasteiger partial charge in [-0.2, -0.15) is 0 Å². The van der Waals surface area contributed by atoms with Crippen molar-refractivity contribution in [3.05, 3.63) is 72.3 Å². The second-order valence-electron chi connectivity index (χ2n) is 8.21. The van der Waals surface area contributed by atoms with Crippen molar-refractivity contribution in [2.75, 3.05) is 18.5 Å². The first-order valence-corrected chi connectivity index (χ1v) is 9.87. The van der Waals surface area contributed by atoms with E-state index in [2.05, 4.69) is 68.6 Å². The maximum atomic E-state index is 5.84. The topological polar surface area (TPSA) is 30.5 Å². The second kappa shape index (κ2) is 7.59. The molecule has 0 aromatic heterocycles. The molecule has 0 saturated carbocycles. The Balaban J connectivity index is 1.72. The summed E-state index contributed by atoms with van der Waals surface area (Å²) in [5, 5.41) is 3.58. The van der Waals surface area contributed by atoms with Crippen LogP contribution in [0.3, 0.4) is 0 Å². The summed E-state index contributed by atoms with van der Waals surface area (Å²) >= 11 is 0. The van der Waals surface area contributed by atoms with Gasteiger partial charge in [-0.05, 0) is 40.8 Å². The highest BCUT2D eigenvalue weighted by Gasteiger charge is 2.17. The number of hydrogen-bond donors (Lipinski definition) is 1. The van der Waals surface area contributed by atoms with Crippen molar-refractivity contribution in [2.45, 2.75) is 32.6 Å². The molecule has 3 aromatic rings. The molecule has 0 amide bonds. The molecule has 1 N–H and O–H groups in total. The predicted octanol–water partition coefficient (Wildman–Crippen LogP) is 6.56. The van der Waals surface area contributed by atoms with Crippen molar-refractivity contribution in [3.8, 4) is 22.6 Å². The number of ether oxygens (including phenoxy) is 2. The van der Waals surface area contributed by atoms with Crippen molar-refractivity contribution < 1.29 is 9.47 Å². The van der Waals surface area contributed by atoms with E-state index < -0.39 is 0 Å². The van der Waals surface area contributed by atoms with Crippen LogP contribution in [0.5, 0.6) is 11.5 Å². The highest BCUT2D eigenvalue weighted by molar-refractivity contribution is 5.82. The van der Waals surface area contributed by atoms with E-state index in [-0.39, 0.29) is 5.41 Å². The molecule has 1 aliphatic heterocycles. The molecule has 0 radical (unpaired) electrons. The summed E-state index contributed by atoms with van der Waals surface area (Å²) in [4.78, 5) is 0. The normalized spacial score (nSPS) is 13.7. The fraction of sp³-hybridized carbons (Fsp3) is 0.280. The maximum absolute atomic E-state index is 5.84. The fourth-order valence-corrected chi connectivity index (χ4v) is 3.37. The fourth-order valence-electron chi connectivity index (χ4n) is 3.37. The largest absolute Gasteiger partial charge is 0.490 e. The molecule has 0 fully saturated rings. The molecule has 3 aromatic carbocycles. The van der Waals surface area contributed by atoms with Crippen LogP contribution < -0.4 is 14.8 Å². The Labute approximate surface area is 167 Å². The van der Waals surface area contributed by atoms with Crippen molar-refractivity contribution in [1.29, 1.82) is 0 Å². The van der Waals surface area contributed by atoms with Gasteiger partial charge in [-0.25, -0.2) is 0 Å². The third-order valence-corrected chi connectivity index (χ3v) is 5.00. The second-order valence-corrected chi connectivity index (χ2v) is 8.21. The van der Waals surface area contributed by atoms with E-state index in [1.54, 1.807) is 0 Å². The molecule has 0 spiro atoms. The van der Waals surface area contributed by atoms with Gasteiger partial charge < -0.3 is 14.8 Å². The summed E-state index contributed by atoms with van der Waals surface area (Å²) in [5.74, 6) is 1.62. The number of anilines is 2. The minimum Gasteiger partial charge on any atom is -0.490 e. The molecular formula is C25H27NO2. The van der Waals surface area contributed by atoms with Crippen LogP contribution in [-0.2, 0) is 5.41 Å². The molecule has 4 rings (SSSR count). The van der Waals surface area contributed by atoms with Gasteiger partial charge in [0.15, 0.2) is 11.5 Å². The van der Waals surface area contributed by atoms with Gasteiger partial charge in [-0.15, -0.1) is 0 Å². The van der Waals surface area contributed by atoms with Gasteiger partial charge in [0.05, 0.1) is 13.2 Å². The third kappa shape index (κ3) is 3.99.